The summed E-state index contributed by atoms with van der Waals surface area (Å²) in [5.74, 6) is -0.597. The van der Waals surface area contributed by atoms with Crippen LogP contribution in [0.5, 0.6) is 5.88 Å². The predicted molar refractivity (Wildman–Crippen MR) is 128 cm³/mol. The molecule has 16 heteroatoms. The van der Waals surface area contributed by atoms with Gasteiger partial charge in [-0.25, -0.2) is 14.6 Å². The van der Waals surface area contributed by atoms with Crippen LogP contribution in [-0.4, -0.2) is 84.3 Å². The van der Waals surface area contributed by atoms with E-state index in [-0.39, 0.29) is 24.1 Å². The van der Waals surface area contributed by atoms with Crippen molar-refractivity contribution in [3.05, 3.63) is 6.33 Å². The fourth-order valence-corrected chi connectivity index (χ4v) is 5.29. The number of imidazole rings is 1. The number of carbonyl (C=O) groups is 1. The van der Waals surface area contributed by atoms with Crippen LogP contribution in [0.1, 0.15) is 52.2 Å². The van der Waals surface area contributed by atoms with Gasteiger partial charge in [-0.05, 0) is 26.7 Å². The molecule has 4 rings (SSSR count). The first-order valence-electron chi connectivity index (χ1n) is 12.1. The van der Waals surface area contributed by atoms with Crippen molar-refractivity contribution >= 4 is 30.8 Å². The normalized spacial score (nSPS) is 34.9. The van der Waals surface area contributed by atoms with Crippen LogP contribution in [0.15, 0.2) is 6.33 Å². The van der Waals surface area contributed by atoms with E-state index in [1.807, 2.05) is 0 Å². The van der Waals surface area contributed by atoms with Gasteiger partial charge in [-0.1, -0.05) is 19.3 Å². The second kappa shape index (κ2) is 11.2. The minimum atomic E-state index is -4.50. The van der Waals surface area contributed by atoms with Crippen LogP contribution < -0.4 is 15.6 Å². The lowest BCUT2D eigenvalue weighted by atomic mass is 9.96. The smallest absolute Gasteiger partial charge is 0.403 e. The molecule has 0 amide bonds. The third-order valence-corrected chi connectivity index (χ3v) is 7.52. The Labute approximate surface area is 212 Å². The third-order valence-electron chi connectivity index (χ3n) is 6.31. The number of cyclic esters (lactones) is 1. The van der Waals surface area contributed by atoms with Crippen LogP contribution in [-0.2, 0) is 23.4 Å². The van der Waals surface area contributed by atoms with E-state index in [2.05, 4.69) is 20.0 Å². The number of anilines is 1. The number of rotatable bonds is 0. The molecule has 2 aliphatic rings. The molecular formula is C21H33N6O9P. The van der Waals surface area contributed by atoms with E-state index in [1.54, 1.807) is 0 Å². The summed E-state index contributed by atoms with van der Waals surface area (Å²) in [7, 11) is -4.50. The van der Waals surface area contributed by atoms with Crippen molar-refractivity contribution in [2.45, 2.75) is 76.0 Å². The van der Waals surface area contributed by atoms with E-state index in [4.69, 9.17) is 24.5 Å². The second-order valence-electron chi connectivity index (χ2n) is 9.36. The summed E-state index contributed by atoms with van der Waals surface area (Å²) < 4.78 is 35.8. The van der Waals surface area contributed by atoms with Crippen LogP contribution in [0.3, 0.4) is 0 Å². The van der Waals surface area contributed by atoms with Gasteiger partial charge < -0.3 is 35.1 Å². The average Bonchev–Trinajstić information content (AvgIpc) is 3.33. The Hall–Kier alpha value is -2.39. The zero-order chi connectivity index (χ0) is 26.8. The number of aromatic nitrogens is 4. The highest BCUT2D eigenvalue weighted by molar-refractivity contribution is 7.50. The van der Waals surface area contributed by atoms with E-state index in [1.165, 1.54) is 24.7 Å². The van der Waals surface area contributed by atoms with Gasteiger partial charge in [0, 0.05) is 0 Å². The van der Waals surface area contributed by atoms with Gasteiger partial charge in [-0.3, -0.25) is 13.9 Å². The number of nitrogens with zero attached hydrogens (tertiary/aromatic N) is 4. The summed E-state index contributed by atoms with van der Waals surface area (Å²) in [6, 6.07) is -1.12. The molecule has 2 aromatic rings. The van der Waals surface area contributed by atoms with Crippen LogP contribution >= 0.6 is 7.75 Å². The maximum Gasteiger partial charge on any atom is 0.403 e. The lowest BCUT2D eigenvalue weighted by molar-refractivity contribution is -0.145. The summed E-state index contributed by atoms with van der Waals surface area (Å²) in [6.45, 7) is 2.69. The van der Waals surface area contributed by atoms with Crippen LogP contribution in [0, 0.1) is 0 Å². The van der Waals surface area contributed by atoms with Crippen molar-refractivity contribution in [1.82, 2.24) is 24.6 Å². The molecular weight excluding hydrogens is 511 g/mol. The highest BCUT2D eigenvalue weighted by atomic mass is 31.2. The van der Waals surface area contributed by atoms with Gasteiger partial charge in [0.25, 0.3) is 0 Å². The number of fused-ring (bicyclic) bond motifs is 3. The molecule has 6 atom stereocenters. The number of carbonyl (C=O) groups excluding carboxylic acids is 1. The summed E-state index contributed by atoms with van der Waals surface area (Å²) in [5, 5.41) is 24.0. The zero-order valence-electron chi connectivity index (χ0n) is 20.6. The Kier molecular flexibility index (Phi) is 8.33. The lowest BCUT2D eigenvalue weighted by Gasteiger charge is -2.27. The summed E-state index contributed by atoms with van der Waals surface area (Å²) >= 11 is 0. The molecule has 15 nitrogen and oxygen atoms in total. The van der Waals surface area contributed by atoms with E-state index < -0.39 is 50.4 Å². The Bertz CT molecular complexity index is 1160. The van der Waals surface area contributed by atoms with E-state index in [0.717, 1.165) is 25.7 Å². The highest BCUT2D eigenvalue weighted by Crippen LogP contribution is 2.43. The van der Waals surface area contributed by atoms with E-state index in [0.29, 0.717) is 18.5 Å². The van der Waals surface area contributed by atoms with Gasteiger partial charge in [0.1, 0.15) is 23.9 Å². The molecule has 0 spiro atoms. The maximum atomic E-state index is 12.5. The van der Waals surface area contributed by atoms with Crippen molar-refractivity contribution in [2.75, 3.05) is 25.6 Å². The van der Waals surface area contributed by atoms with Crippen LogP contribution in [0.25, 0.3) is 11.2 Å². The van der Waals surface area contributed by atoms with Crippen LogP contribution in [0.2, 0.25) is 0 Å². The Balaban J connectivity index is 1.60. The highest BCUT2D eigenvalue weighted by Gasteiger charge is 2.54. The van der Waals surface area contributed by atoms with Crippen molar-refractivity contribution in [3.63, 3.8) is 0 Å². The topological polar surface area (TPSA) is 213 Å². The number of aliphatic hydroxyl groups is 2. The van der Waals surface area contributed by atoms with Gasteiger partial charge in [0.15, 0.2) is 17.4 Å². The fourth-order valence-electron chi connectivity index (χ4n) is 4.27. The van der Waals surface area contributed by atoms with Gasteiger partial charge in [-0.2, -0.15) is 9.97 Å². The molecule has 0 radical (unpaired) electrons. The number of ether oxygens (including phenoxy) is 3. The molecule has 0 saturated carbocycles. The molecule has 6 N–H and O–H groups in total. The Morgan fingerprint density at radius 2 is 1.86 bits per heavy atom. The van der Waals surface area contributed by atoms with Gasteiger partial charge in [-0.15, -0.1) is 0 Å². The molecule has 6 bridgehead atoms. The minimum absolute atomic E-state index is 0.0762. The standard InChI is InChI=1S/C21H33N6O9P/c1-12-18(29)34-9-7-5-3-4-6-8-33-17-14-16(24-20(22)25-17)27(11-23-14)19-21(2,30)15(28)13(36-19)10-35-37(31,32)26-12/h11-13,15,19,28,30H,3-10H2,1-2H3,(H2,22,24,25)(H2,26,31,32)/t12-,13?,15+,19?,21+/m0/s1. The van der Waals surface area contributed by atoms with Crippen molar-refractivity contribution in [2.24, 2.45) is 0 Å². The fraction of sp³-hybridized carbons (Fsp3) is 0.714. The summed E-state index contributed by atoms with van der Waals surface area (Å²) in [4.78, 5) is 35.0. The number of aliphatic hydroxyl groups excluding tert-OH is 1. The summed E-state index contributed by atoms with van der Waals surface area (Å²) in [6.07, 6.45) is 1.39. The van der Waals surface area contributed by atoms with Crippen molar-refractivity contribution in [3.8, 4) is 5.88 Å². The molecule has 37 heavy (non-hydrogen) atoms. The lowest BCUT2D eigenvalue weighted by Crippen LogP contribution is -2.44. The molecule has 4 heterocycles. The molecule has 0 aliphatic carbocycles. The Morgan fingerprint density at radius 3 is 2.59 bits per heavy atom. The Morgan fingerprint density at radius 1 is 1.19 bits per heavy atom. The molecule has 0 aromatic carbocycles. The third kappa shape index (κ3) is 6.20. The summed E-state index contributed by atoms with van der Waals surface area (Å²) in [5.41, 5.74) is 4.53. The molecule has 1 saturated heterocycles. The van der Waals surface area contributed by atoms with Gasteiger partial charge in [0.05, 0.1) is 26.1 Å². The first-order valence-corrected chi connectivity index (χ1v) is 13.7. The minimum Gasteiger partial charge on any atom is -0.476 e. The second-order valence-corrected chi connectivity index (χ2v) is 10.9. The molecule has 3 unspecified atom stereocenters. The largest absolute Gasteiger partial charge is 0.476 e. The first-order chi connectivity index (χ1) is 17.5. The zero-order valence-corrected chi connectivity index (χ0v) is 21.5. The molecule has 2 aliphatic heterocycles. The van der Waals surface area contributed by atoms with Crippen LogP contribution in [0.4, 0.5) is 5.95 Å². The number of hydrogen-bond donors (Lipinski definition) is 5. The van der Waals surface area contributed by atoms with Crippen molar-refractivity contribution in [1.29, 1.82) is 0 Å². The first kappa shape index (κ1) is 27.6. The quantitative estimate of drug-likeness (QED) is 0.224. The number of nitrogen functional groups attached to an aromatic ring is 1. The molecule has 206 valence electrons. The number of esters is 1. The monoisotopic (exact) mass is 544 g/mol. The molecule has 1 fully saturated rings. The maximum absolute atomic E-state index is 12.5. The number of nitrogens with one attached hydrogen (secondary N) is 1. The van der Waals surface area contributed by atoms with Gasteiger partial charge in [0.2, 0.25) is 11.8 Å². The predicted octanol–water partition coefficient (Wildman–Crippen LogP) is 0.399. The van der Waals surface area contributed by atoms with E-state index >= 15 is 0 Å². The number of hydrogen-bond acceptors (Lipinski definition) is 12. The van der Waals surface area contributed by atoms with Crippen molar-refractivity contribution < 1.29 is 43.2 Å². The number of nitrogens with two attached hydrogens (primary N) is 1. The average molecular weight is 545 g/mol. The molecule has 2 aromatic heterocycles. The SMILES string of the molecule is C[C@@H]1NP(=O)(O)OCC2OC(n3cnc4c(nc(N)nc43)OCCCCCCCOC1=O)[C@](C)(O)[C@@H]2O. The van der Waals surface area contributed by atoms with Gasteiger partial charge >= 0.3 is 13.7 Å². The van der Waals surface area contributed by atoms with E-state index in [9.17, 15) is 24.5 Å².